The van der Waals surface area contributed by atoms with Crippen LogP contribution >= 0.6 is 0 Å². The van der Waals surface area contributed by atoms with Gasteiger partial charge in [-0.05, 0) is 6.42 Å². The molecule has 1 rings (SSSR count). The van der Waals surface area contributed by atoms with Gasteiger partial charge in [-0.3, -0.25) is 0 Å². The fraction of sp³-hybridized carbons (Fsp3) is 1.00. The number of hydrogen-bond donors (Lipinski definition) is 3. The van der Waals surface area contributed by atoms with Gasteiger partial charge in [-0.25, -0.2) is 0 Å². The van der Waals surface area contributed by atoms with Crippen molar-refractivity contribution < 1.29 is 24.8 Å². The smallest absolute Gasteiger partial charge is 0.111 e. The lowest BCUT2D eigenvalue weighted by atomic mass is 10.0. The van der Waals surface area contributed by atoms with Crippen molar-refractivity contribution in [1.82, 2.24) is 0 Å². The standard InChI is InChI=1S/C14H28O5/c1-2-3-4-5-6-7-8-18-10-12-14(17)13(16)11(15)9-19-12/h11-17H,2-10H2,1H3/t11-,12+,13+,14+/m0/s1. The van der Waals surface area contributed by atoms with E-state index in [4.69, 9.17) is 9.47 Å². The third-order valence-corrected chi connectivity index (χ3v) is 3.53. The van der Waals surface area contributed by atoms with Crippen molar-refractivity contribution >= 4 is 0 Å². The van der Waals surface area contributed by atoms with E-state index >= 15 is 0 Å². The first-order chi connectivity index (χ1) is 9.16. The average Bonchev–Trinajstić information content (AvgIpc) is 2.41. The molecule has 0 unspecified atom stereocenters. The third kappa shape index (κ3) is 6.19. The Labute approximate surface area is 115 Å². The van der Waals surface area contributed by atoms with E-state index in [0.717, 1.165) is 12.8 Å². The van der Waals surface area contributed by atoms with Crippen LogP contribution in [0.1, 0.15) is 45.4 Å². The van der Waals surface area contributed by atoms with Crippen molar-refractivity contribution in [2.45, 2.75) is 69.9 Å². The normalized spacial score (nSPS) is 31.6. The van der Waals surface area contributed by atoms with Crippen molar-refractivity contribution in [3.05, 3.63) is 0 Å². The maximum atomic E-state index is 9.69. The monoisotopic (exact) mass is 276 g/mol. The van der Waals surface area contributed by atoms with Crippen LogP contribution in [0.3, 0.4) is 0 Å². The third-order valence-electron chi connectivity index (χ3n) is 3.53. The minimum absolute atomic E-state index is 0.0449. The van der Waals surface area contributed by atoms with Gasteiger partial charge in [0.1, 0.15) is 24.4 Å². The summed E-state index contributed by atoms with van der Waals surface area (Å²) in [5.74, 6) is 0. The topological polar surface area (TPSA) is 79.2 Å². The number of aliphatic hydroxyl groups excluding tert-OH is 3. The summed E-state index contributed by atoms with van der Waals surface area (Å²) >= 11 is 0. The van der Waals surface area contributed by atoms with Crippen LogP contribution in [0.15, 0.2) is 0 Å². The Morgan fingerprint density at radius 1 is 1.00 bits per heavy atom. The molecule has 0 aromatic heterocycles. The number of unbranched alkanes of at least 4 members (excludes halogenated alkanes) is 5. The second kappa shape index (κ2) is 9.66. The molecule has 0 spiro atoms. The van der Waals surface area contributed by atoms with E-state index in [1.807, 2.05) is 0 Å². The van der Waals surface area contributed by atoms with Gasteiger partial charge in [0.05, 0.1) is 13.2 Å². The Morgan fingerprint density at radius 2 is 1.68 bits per heavy atom. The summed E-state index contributed by atoms with van der Waals surface area (Å²) in [5, 5.41) is 28.5. The highest BCUT2D eigenvalue weighted by Crippen LogP contribution is 2.16. The van der Waals surface area contributed by atoms with Gasteiger partial charge in [0, 0.05) is 6.61 Å². The Hall–Kier alpha value is -0.200. The van der Waals surface area contributed by atoms with Crippen LogP contribution in [0.4, 0.5) is 0 Å². The van der Waals surface area contributed by atoms with E-state index in [1.54, 1.807) is 0 Å². The summed E-state index contributed by atoms with van der Waals surface area (Å²) in [4.78, 5) is 0. The summed E-state index contributed by atoms with van der Waals surface area (Å²) in [6.45, 7) is 3.16. The Balaban J connectivity index is 2.00. The zero-order valence-electron chi connectivity index (χ0n) is 11.8. The predicted octanol–water partition coefficient (Wildman–Crippen LogP) is 0.845. The molecule has 1 fully saturated rings. The van der Waals surface area contributed by atoms with Crippen LogP contribution < -0.4 is 0 Å². The van der Waals surface area contributed by atoms with Crippen LogP contribution in [-0.2, 0) is 9.47 Å². The van der Waals surface area contributed by atoms with Gasteiger partial charge >= 0.3 is 0 Å². The highest BCUT2D eigenvalue weighted by atomic mass is 16.6. The lowest BCUT2D eigenvalue weighted by molar-refractivity contribution is -0.199. The molecule has 1 aliphatic rings. The molecule has 0 amide bonds. The first kappa shape index (κ1) is 16.9. The quantitative estimate of drug-likeness (QED) is 0.544. The summed E-state index contributed by atoms with van der Waals surface area (Å²) in [7, 11) is 0. The van der Waals surface area contributed by atoms with E-state index in [9.17, 15) is 15.3 Å². The molecule has 3 N–H and O–H groups in total. The Bertz CT molecular complexity index is 224. The molecule has 4 atom stereocenters. The molecule has 5 nitrogen and oxygen atoms in total. The molecule has 1 saturated heterocycles. The number of hydrogen-bond acceptors (Lipinski definition) is 5. The van der Waals surface area contributed by atoms with E-state index in [1.165, 1.54) is 25.7 Å². The zero-order chi connectivity index (χ0) is 14.1. The molecule has 114 valence electrons. The second-order valence-corrected chi connectivity index (χ2v) is 5.26. The van der Waals surface area contributed by atoms with Gasteiger partial charge in [-0.15, -0.1) is 0 Å². The van der Waals surface area contributed by atoms with Crippen LogP contribution in [0.2, 0.25) is 0 Å². The molecule has 0 bridgehead atoms. The first-order valence-corrected chi connectivity index (χ1v) is 7.40. The van der Waals surface area contributed by atoms with Gasteiger partial charge in [0.15, 0.2) is 0 Å². The summed E-state index contributed by atoms with van der Waals surface area (Å²) in [5.41, 5.74) is 0. The number of aliphatic hydroxyl groups is 3. The van der Waals surface area contributed by atoms with Crippen molar-refractivity contribution in [3.63, 3.8) is 0 Å². The molecule has 1 aliphatic heterocycles. The first-order valence-electron chi connectivity index (χ1n) is 7.40. The molecular weight excluding hydrogens is 248 g/mol. The fourth-order valence-corrected chi connectivity index (χ4v) is 2.20. The molecule has 19 heavy (non-hydrogen) atoms. The Morgan fingerprint density at radius 3 is 2.42 bits per heavy atom. The van der Waals surface area contributed by atoms with Gasteiger partial charge in [0.2, 0.25) is 0 Å². The molecular formula is C14H28O5. The second-order valence-electron chi connectivity index (χ2n) is 5.26. The van der Waals surface area contributed by atoms with Crippen LogP contribution in [0.25, 0.3) is 0 Å². The maximum absolute atomic E-state index is 9.69. The van der Waals surface area contributed by atoms with Gasteiger partial charge < -0.3 is 24.8 Å². The van der Waals surface area contributed by atoms with Crippen molar-refractivity contribution in [2.75, 3.05) is 19.8 Å². The predicted molar refractivity (Wildman–Crippen MR) is 72.0 cm³/mol. The Kier molecular flexibility index (Phi) is 8.57. The molecule has 0 aromatic rings. The minimum atomic E-state index is -1.14. The average molecular weight is 276 g/mol. The van der Waals surface area contributed by atoms with Crippen LogP contribution in [-0.4, -0.2) is 59.6 Å². The van der Waals surface area contributed by atoms with Crippen molar-refractivity contribution in [3.8, 4) is 0 Å². The zero-order valence-corrected chi connectivity index (χ0v) is 11.8. The minimum Gasteiger partial charge on any atom is -0.388 e. The van der Waals surface area contributed by atoms with E-state index in [0.29, 0.717) is 6.61 Å². The molecule has 0 aromatic carbocycles. The lowest BCUT2D eigenvalue weighted by Crippen LogP contribution is -2.54. The SMILES string of the molecule is CCCCCCCCOC[C@H]1OC[C@H](O)[C@@H](O)[C@@H]1O. The van der Waals surface area contributed by atoms with Gasteiger partial charge in [0.25, 0.3) is 0 Å². The van der Waals surface area contributed by atoms with Crippen LogP contribution in [0.5, 0.6) is 0 Å². The van der Waals surface area contributed by atoms with E-state index in [2.05, 4.69) is 6.92 Å². The summed E-state index contributed by atoms with van der Waals surface area (Å²) in [6, 6.07) is 0. The van der Waals surface area contributed by atoms with Crippen LogP contribution in [0, 0.1) is 0 Å². The highest BCUT2D eigenvalue weighted by molar-refractivity contribution is 4.86. The van der Waals surface area contributed by atoms with E-state index in [-0.39, 0.29) is 13.2 Å². The highest BCUT2D eigenvalue weighted by Gasteiger charge is 2.37. The molecule has 0 saturated carbocycles. The lowest BCUT2D eigenvalue weighted by Gasteiger charge is -2.35. The number of ether oxygens (including phenoxy) is 2. The fourth-order valence-electron chi connectivity index (χ4n) is 2.20. The summed E-state index contributed by atoms with van der Waals surface area (Å²) < 4.78 is 10.7. The summed E-state index contributed by atoms with van der Waals surface area (Å²) in [6.07, 6.45) is 3.47. The van der Waals surface area contributed by atoms with E-state index < -0.39 is 24.4 Å². The van der Waals surface area contributed by atoms with Gasteiger partial charge in [-0.1, -0.05) is 39.0 Å². The molecule has 1 heterocycles. The molecule has 0 radical (unpaired) electrons. The maximum Gasteiger partial charge on any atom is 0.111 e. The van der Waals surface area contributed by atoms with Crippen molar-refractivity contribution in [1.29, 1.82) is 0 Å². The molecule has 5 heteroatoms. The van der Waals surface area contributed by atoms with Gasteiger partial charge in [-0.2, -0.15) is 0 Å². The van der Waals surface area contributed by atoms with Crippen molar-refractivity contribution in [2.24, 2.45) is 0 Å². The number of rotatable bonds is 9. The largest absolute Gasteiger partial charge is 0.388 e. The molecule has 0 aliphatic carbocycles.